The maximum atomic E-state index is 14.4. The molecule has 4 aromatic rings. The van der Waals surface area contributed by atoms with E-state index >= 15 is 0 Å². The number of fused-ring (bicyclic) bond motifs is 1. The number of benzene rings is 3. The first-order valence-electron chi connectivity index (χ1n) is 14.7. The number of nitrogens with zero attached hydrogens (tertiary/aromatic N) is 6. The van der Waals surface area contributed by atoms with Gasteiger partial charge in [-0.05, 0) is 63.3 Å². The Labute approximate surface area is 265 Å². The number of aryl methyl sites for hydroxylation is 2. The van der Waals surface area contributed by atoms with Crippen LogP contribution in [0.5, 0.6) is 17.2 Å². The highest BCUT2D eigenvalue weighted by molar-refractivity contribution is 6.11. The molecule has 0 saturated carbocycles. The van der Waals surface area contributed by atoms with Crippen molar-refractivity contribution >= 4 is 40.5 Å². The number of rotatable bonds is 11. The van der Waals surface area contributed by atoms with Gasteiger partial charge in [0.15, 0.2) is 5.82 Å². The molecule has 1 aliphatic heterocycles. The number of urea groups is 1. The van der Waals surface area contributed by atoms with Gasteiger partial charge in [0.2, 0.25) is 5.95 Å². The normalized spacial score (nSPS) is 12.7. The number of ether oxygens (including phenoxy) is 3. The molecule has 0 aliphatic carbocycles. The number of para-hydroxylation sites is 1. The van der Waals surface area contributed by atoms with E-state index in [9.17, 15) is 4.79 Å². The van der Waals surface area contributed by atoms with Gasteiger partial charge in [0.25, 0.3) is 0 Å². The Morgan fingerprint density at radius 3 is 2.29 bits per heavy atom. The third kappa shape index (κ3) is 6.44. The quantitative estimate of drug-likeness (QED) is 0.215. The first-order valence-corrected chi connectivity index (χ1v) is 14.7. The molecule has 0 radical (unpaired) electrons. The zero-order valence-corrected chi connectivity index (χ0v) is 27.2. The van der Waals surface area contributed by atoms with Gasteiger partial charge in [0, 0.05) is 49.7 Å². The van der Waals surface area contributed by atoms with Gasteiger partial charge in [-0.2, -0.15) is 4.98 Å². The van der Waals surface area contributed by atoms with E-state index in [2.05, 4.69) is 41.2 Å². The molecule has 0 bridgehead atoms. The minimum atomic E-state index is -0.254. The van der Waals surface area contributed by atoms with Gasteiger partial charge in [0.05, 0.1) is 44.9 Å². The molecule has 1 aliphatic rings. The number of carbonyl (C=O) groups excluding carboxylic acids is 1. The second kappa shape index (κ2) is 13.3. The van der Waals surface area contributed by atoms with Crippen molar-refractivity contribution in [1.29, 1.82) is 0 Å². The fourth-order valence-corrected chi connectivity index (χ4v) is 5.43. The average Bonchev–Trinajstić information content (AvgIpc) is 3.03. The van der Waals surface area contributed by atoms with Gasteiger partial charge in [-0.3, -0.25) is 4.90 Å². The summed E-state index contributed by atoms with van der Waals surface area (Å²) in [6.45, 7) is 6.12. The summed E-state index contributed by atoms with van der Waals surface area (Å²) < 4.78 is 16.9. The van der Waals surface area contributed by atoms with Crippen molar-refractivity contribution in [2.75, 3.05) is 75.6 Å². The smallest absolute Gasteiger partial charge is 0.335 e. The van der Waals surface area contributed by atoms with E-state index in [1.807, 2.05) is 50.2 Å². The van der Waals surface area contributed by atoms with Crippen LogP contribution in [0.4, 0.5) is 39.3 Å². The molecule has 2 amide bonds. The number of anilines is 6. The number of likely N-dealkylation sites (N-methyl/N-ethyl adjacent to an activating group) is 2. The second-order valence-electron chi connectivity index (χ2n) is 11.3. The van der Waals surface area contributed by atoms with Crippen LogP contribution in [0.25, 0.3) is 0 Å². The molecular weight excluding hydrogens is 570 g/mol. The average molecular weight is 612 g/mol. The largest absolute Gasteiger partial charge is 0.497 e. The summed E-state index contributed by atoms with van der Waals surface area (Å²) in [6, 6.07) is 17.1. The summed E-state index contributed by atoms with van der Waals surface area (Å²) in [5.74, 6) is 2.52. The van der Waals surface area contributed by atoms with Crippen LogP contribution in [0.1, 0.15) is 16.7 Å². The van der Waals surface area contributed by atoms with Gasteiger partial charge >= 0.3 is 6.03 Å². The standard InChI is InChI=1S/C34H41N7O4/c1-22-10-9-11-23(2)31(22)40-21-24-20-35-33(36-27-14-12-25(18-29(27)44-7)39(5)17-16-38(3)4)37-32(24)41(34(40)42)28-15-13-26(43-6)19-30(28)45-8/h9-15,18-20H,16-17,21H2,1-8H3,(H,35,36,37). The number of hydrogen-bond donors (Lipinski definition) is 1. The Morgan fingerprint density at radius 2 is 1.62 bits per heavy atom. The van der Waals surface area contributed by atoms with Crippen LogP contribution in [-0.4, -0.2) is 76.5 Å². The van der Waals surface area contributed by atoms with Crippen molar-refractivity contribution in [2.45, 2.75) is 20.4 Å². The number of carbonyl (C=O) groups is 1. The minimum Gasteiger partial charge on any atom is -0.497 e. The van der Waals surface area contributed by atoms with Gasteiger partial charge in [-0.1, -0.05) is 18.2 Å². The highest BCUT2D eigenvalue weighted by Gasteiger charge is 2.37. The number of aromatic nitrogens is 2. The Kier molecular flexibility index (Phi) is 9.29. The van der Waals surface area contributed by atoms with Crippen LogP contribution in [0.15, 0.2) is 60.8 Å². The highest BCUT2D eigenvalue weighted by atomic mass is 16.5. The van der Waals surface area contributed by atoms with E-state index in [0.29, 0.717) is 46.9 Å². The van der Waals surface area contributed by atoms with Crippen molar-refractivity contribution in [3.05, 3.63) is 77.5 Å². The minimum absolute atomic E-state index is 0.254. The maximum absolute atomic E-state index is 14.4. The second-order valence-corrected chi connectivity index (χ2v) is 11.3. The van der Waals surface area contributed by atoms with Crippen LogP contribution in [0.2, 0.25) is 0 Å². The SMILES string of the molecule is COc1ccc(N2C(=O)N(c3c(C)cccc3C)Cc3cnc(Nc4ccc(N(C)CCN(C)C)cc4OC)nc32)c(OC)c1. The lowest BCUT2D eigenvalue weighted by atomic mass is 10.1. The first-order chi connectivity index (χ1) is 21.6. The summed E-state index contributed by atoms with van der Waals surface area (Å²) in [4.78, 5) is 31.7. The topological polar surface area (TPSA) is 95.5 Å². The molecule has 0 saturated heterocycles. The molecule has 0 atom stereocenters. The number of amides is 2. The first kappa shape index (κ1) is 31.4. The molecule has 2 heterocycles. The molecule has 0 fully saturated rings. The Balaban J connectivity index is 1.56. The number of nitrogens with one attached hydrogen (secondary N) is 1. The molecule has 45 heavy (non-hydrogen) atoms. The van der Waals surface area contributed by atoms with E-state index in [4.69, 9.17) is 19.2 Å². The molecule has 0 spiro atoms. The zero-order chi connectivity index (χ0) is 32.2. The lowest BCUT2D eigenvalue weighted by molar-refractivity contribution is 0.252. The predicted molar refractivity (Wildman–Crippen MR) is 179 cm³/mol. The van der Waals surface area contributed by atoms with Gasteiger partial charge < -0.3 is 29.3 Å². The summed E-state index contributed by atoms with van der Waals surface area (Å²) in [5, 5.41) is 3.31. The van der Waals surface area contributed by atoms with E-state index in [1.165, 1.54) is 0 Å². The van der Waals surface area contributed by atoms with Crippen LogP contribution in [-0.2, 0) is 6.54 Å². The Bertz CT molecular complexity index is 1670. The molecule has 11 heteroatoms. The molecule has 1 aromatic heterocycles. The van der Waals surface area contributed by atoms with E-state index < -0.39 is 0 Å². The number of hydrogen-bond acceptors (Lipinski definition) is 9. The molecular formula is C34H41N7O4. The molecule has 3 aromatic carbocycles. The van der Waals surface area contributed by atoms with Gasteiger partial charge in [-0.15, -0.1) is 0 Å². The molecule has 11 nitrogen and oxygen atoms in total. The van der Waals surface area contributed by atoms with Gasteiger partial charge in [0.1, 0.15) is 17.2 Å². The fourth-order valence-electron chi connectivity index (χ4n) is 5.43. The summed E-state index contributed by atoms with van der Waals surface area (Å²) >= 11 is 0. The highest BCUT2D eigenvalue weighted by Crippen LogP contribution is 2.43. The summed E-state index contributed by atoms with van der Waals surface area (Å²) in [5.41, 5.74) is 5.90. The fraction of sp³-hybridized carbons (Fsp3) is 0.324. The van der Waals surface area contributed by atoms with Crippen molar-refractivity contribution in [3.8, 4) is 17.2 Å². The van der Waals surface area contributed by atoms with E-state index in [0.717, 1.165) is 41.2 Å². The summed E-state index contributed by atoms with van der Waals surface area (Å²) in [6.07, 6.45) is 1.76. The molecule has 1 N–H and O–H groups in total. The van der Waals surface area contributed by atoms with Crippen LogP contribution in [0.3, 0.4) is 0 Å². The Hall–Kier alpha value is -5.03. The third-order valence-electron chi connectivity index (χ3n) is 7.90. The van der Waals surface area contributed by atoms with Gasteiger partial charge in [-0.25, -0.2) is 14.7 Å². The monoisotopic (exact) mass is 611 g/mol. The van der Waals surface area contributed by atoms with E-state index in [-0.39, 0.29) is 6.03 Å². The number of methoxy groups -OCH3 is 3. The summed E-state index contributed by atoms with van der Waals surface area (Å²) in [7, 11) is 11.0. The lowest BCUT2D eigenvalue weighted by Gasteiger charge is -2.37. The zero-order valence-electron chi connectivity index (χ0n) is 27.2. The third-order valence-corrected chi connectivity index (χ3v) is 7.90. The molecule has 0 unspecified atom stereocenters. The van der Waals surface area contributed by atoms with Crippen molar-refractivity contribution in [1.82, 2.24) is 14.9 Å². The van der Waals surface area contributed by atoms with Crippen molar-refractivity contribution in [3.63, 3.8) is 0 Å². The van der Waals surface area contributed by atoms with Crippen molar-refractivity contribution < 1.29 is 19.0 Å². The predicted octanol–water partition coefficient (Wildman–Crippen LogP) is 6.14. The molecule has 236 valence electrons. The Morgan fingerprint density at radius 1 is 0.889 bits per heavy atom. The lowest BCUT2D eigenvalue weighted by Crippen LogP contribution is -2.46. The molecule has 5 rings (SSSR count). The van der Waals surface area contributed by atoms with E-state index in [1.54, 1.807) is 55.5 Å². The van der Waals surface area contributed by atoms with Crippen molar-refractivity contribution in [2.24, 2.45) is 0 Å². The van der Waals surface area contributed by atoms with Crippen LogP contribution >= 0.6 is 0 Å². The van der Waals surface area contributed by atoms with Crippen LogP contribution < -0.4 is 34.2 Å². The van der Waals surface area contributed by atoms with Crippen LogP contribution in [0, 0.1) is 13.8 Å². The maximum Gasteiger partial charge on any atom is 0.335 e.